The smallest absolute Gasteiger partial charge is 0.325 e. The van der Waals surface area contributed by atoms with E-state index in [1.54, 1.807) is 0 Å². The van der Waals surface area contributed by atoms with E-state index in [-0.39, 0.29) is 0 Å². The summed E-state index contributed by atoms with van der Waals surface area (Å²) in [6.07, 6.45) is 0. The van der Waals surface area contributed by atoms with Crippen LogP contribution in [0.15, 0.2) is 91.0 Å². The molecule has 3 heteroatoms. The predicted molar refractivity (Wildman–Crippen MR) is 98.9 cm³/mol. The minimum Gasteiger partial charge on any atom is -0.480 e. The molecule has 0 fully saturated rings. The van der Waals surface area contributed by atoms with Gasteiger partial charge in [0.1, 0.15) is 6.04 Å². The van der Waals surface area contributed by atoms with Gasteiger partial charge in [0.05, 0.1) is 0 Å². The van der Waals surface area contributed by atoms with Crippen molar-refractivity contribution in [2.45, 2.75) is 19.1 Å². The lowest BCUT2D eigenvalue weighted by atomic mass is 10.0. The first-order valence-electron chi connectivity index (χ1n) is 8.33. The highest BCUT2D eigenvalue weighted by atomic mass is 16.4. The first-order chi connectivity index (χ1) is 12.2. The third-order valence-corrected chi connectivity index (χ3v) is 4.17. The molecular formula is C22H21NO2. The number of hydrogen-bond acceptors (Lipinski definition) is 2. The van der Waals surface area contributed by atoms with E-state index in [9.17, 15) is 9.90 Å². The molecular weight excluding hydrogens is 310 g/mol. The zero-order valence-corrected chi connectivity index (χ0v) is 14.0. The summed E-state index contributed by atoms with van der Waals surface area (Å²) >= 11 is 0. The molecule has 0 spiro atoms. The molecule has 0 radical (unpaired) electrons. The Balaban J connectivity index is 1.94. The van der Waals surface area contributed by atoms with Crippen LogP contribution in [0.2, 0.25) is 0 Å². The van der Waals surface area contributed by atoms with E-state index in [1.165, 1.54) is 0 Å². The van der Waals surface area contributed by atoms with Crippen molar-refractivity contribution in [2.24, 2.45) is 0 Å². The predicted octanol–water partition coefficient (Wildman–Crippen LogP) is 4.51. The molecule has 0 saturated heterocycles. The van der Waals surface area contributed by atoms with E-state index < -0.39 is 12.0 Å². The third-order valence-electron chi connectivity index (χ3n) is 4.17. The molecule has 3 aromatic rings. The summed E-state index contributed by atoms with van der Waals surface area (Å²) in [6, 6.07) is 28.7. The first kappa shape index (κ1) is 16.9. The molecule has 25 heavy (non-hydrogen) atoms. The SMILES string of the molecule is O=C(O)C(c1ccccc1)N(Cc1ccccc1)Cc1ccccc1. The van der Waals surface area contributed by atoms with Crippen molar-refractivity contribution in [2.75, 3.05) is 0 Å². The average molecular weight is 331 g/mol. The summed E-state index contributed by atoms with van der Waals surface area (Å²) in [5, 5.41) is 9.91. The van der Waals surface area contributed by atoms with Crippen molar-refractivity contribution in [1.82, 2.24) is 4.90 Å². The molecule has 0 bridgehead atoms. The minimum atomic E-state index is -0.835. The lowest BCUT2D eigenvalue weighted by molar-refractivity contribution is -0.144. The fourth-order valence-corrected chi connectivity index (χ4v) is 3.02. The summed E-state index contributed by atoms with van der Waals surface area (Å²) in [5.41, 5.74) is 2.99. The van der Waals surface area contributed by atoms with Gasteiger partial charge in [-0.05, 0) is 16.7 Å². The Labute approximate surface area is 148 Å². The Morgan fingerprint density at radius 1 is 0.720 bits per heavy atom. The minimum absolute atomic E-state index is 0.571. The molecule has 0 aliphatic carbocycles. The Morgan fingerprint density at radius 3 is 1.52 bits per heavy atom. The fourth-order valence-electron chi connectivity index (χ4n) is 3.02. The van der Waals surface area contributed by atoms with Gasteiger partial charge in [-0.25, -0.2) is 0 Å². The average Bonchev–Trinajstić information content (AvgIpc) is 2.64. The molecule has 126 valence electrons. The molecule has 3 nitrogen and oxygen atoms in total. The Bertz CT molecular complexity index is 747. The third kappa shape index (κ3) is 4.55. The lowest BCUT2D eigenvalue weighted by Crippen LogP contribution is -2.33. The van der Waals surface area contributed by atoms with Crippen molar-refractivity contribution in [3.05, 3.63) is 108 Å². The number of carbonyl (C=O) groups is 1. The zero-order chi connectivity index (χ0) is 17.5. The van der Waals surface area contributed by atoms with Crippen LogP contribution >= 0.6 is 0 Å². The molecule has 0 aliphatic heterocycles. The Morgan fingerprint density at radius 2 is 1.12 bits per heavy atom. The molecule has 1 unspecified atom stereocenters. The summed E-state index contributed by atoms with van der Waals surface area (Å²) < 4.78 is 0. The number of carboxylic acids is 1. The summed E-state index contributed by atoms with van der Waals surface area (Å²) in [7, 11) is 0. The number of rotatable bonds is 7. The number of carboxylic acid groups (broad SMARTS) is 1. The highest BCUT2D eigenvalue weighted by molar-refractivity contribution is 5.75. The second-order valence-corrected chi connectivity index (χ2v) is 6.03. The summed E-state index contributed by atoms with van der Waals surface area (Å²) in [6.45, 7) is 1.14. The van der Waals surface area contributed by atoms with E-state index in [1.807, 2.05) is 95.9 Å². The quantitative estimate of drug-likeness (QED) is 0.692. The summed E-state index contributed by atoms with van der Waals surface area (Å²) in [5.74, 6) is -0.835. The van der Waals surface area contributed by atoms with Gasteiger partial charge in [-0.1, -0.05) is 91.0 Å². The first-order valence-corrected chi connectivity index (χ1v) is 8.33. The second kappa shape index (κ2) is 8.27. The normalized spacial score (nSPS) is 12.0. The van der Waals surface area contributed by atoms with E-state index in [0.29, 0.717) is 13.1 Å². The van der Waals surface area contributed by atoms with Crippen LogP contribution in [-0.2, 0) is 17.9 Å². The number of nitrogens with zero attached hydrogens (tertiary/aromatic N) is 1. The molecule has 1 atom stereocenters. The Hall–Kier alpha value is -2.91. The van der Waals surface area contributed by atoms with Crippen molar-refractivity contribution in [1.29, 1.82) is 0 Å². The maximum Gasteiger partial charge on any atom is 0.325 e. The molecule has 0 amide bonds. The molecule has 1 N–H and O–H groups in total. The monoisotopic (exact) mass is 331 g/mol. The molecule has 0 saturated carbocycles. The van der Waals surface area contributed by atoms with Crippen molar-refractivity contribution >= 4 is 5.97 Å². The van der Waals surface area contributed by atoms with E-state index in [4.69, 9.17) is 0 Å². The largest absolute Gasteiger partial charge is 0.480 e. The van der Waals surface area contributed by atoms with E-state index >= 15 is 0 Å². The highest BCUT2D eigenvalue weighted by Crippen LogP contribution is 2.25. The number of hydrogen-bond donors (Lipinski definition) is 1. The number of aliphatic carboxylic acids is 1. The van der Waals surface area contributed by atoms with Gasteiger partial charge in [-0.15, -0.1) is 0 Å². The maximum absolute atomic E-state index is 12.1. The number of benzene rings is 3. The van der Waals surface area contributed by atoms with Gasteiger partial charge in [0.2, 0.25) is 0 Å². The van der Waals surface area contributed by atoms with Gasteiger partial charge in [-0.3, -0.25) is 9.69 Å². The van der Waals surface area contributed by atoms with Crippen LogP contribution in [0.25, 0.3) is 0 Å². The lowest BCUT2D eigenvalue weighted by Gasteiger charge is -2.29. The molecule has 0 aromatic heterocycles. The molecule has 3 rings (SSSR count). The van der Waals surface area contributed by atoms with Crippen molar-refractivity contribution in [3.63, 3.8) is 0 Å². The van der Waals surface area contributed by atoms with Crippen LogP contribution in [0.3, 0.4) is 0 Å². The van der Waals surface area contributed by atoms with Gasteiger partial charge < -0.3 is 5.11 Å². The van der Waals surface area contributed by atoms with Crippen molar-refractivity contribution in [3.8, 4) is 0 Å². The van der Waals surface area contributed by atoms with Gasteiger partial charge >= 0.3 is 5.97 Å². The van der Waals surface area contributed by atoms with E-state index in [0.717, 1.165) is 16.7 Å². The van der Waals surface area contributed by atoms with Crippen LogP contribution in [0.5, 0.6) is 0 Å². The molecule has 3 aromatic carbocycles. The molecule has 0 heterocycles. The zero-order valence-electron chi connectivity index (χ0n) is 14.0. The van der Waals surface area contributed by atoms with E-state index in [2.05, 4.69) is 0 Å². The van der Waals surface area contributed by atoms with Gasteiger partial charge in [-0.2, -0.15) is 0 Å². The fraction of sp³-hybridized carbons (Fsp3) is 0.136. The van der Waals surface area contributed by atoms with Crippen LogP contribution < -0.4 is 0 Å². The van der Waals surface area contributed by atoms with Crippen LogP contribution in [0.1, 0.15) is 22.7 Å². The second-order valence-electron chi connectivity index (χ2n) is 6.03. The van der Waals surface area contributed by atoms with Crippen LogP contribution in [0, 0.1) is 0 Å². The van der Waals surface area contributed by atoms with Crippen LogP contribution in [-0.4, -0.2) is 16.0 Å². The topological polar surface area (TPSA) is 40.5 Å². The summed E-state index contributed by atoms with van der Waals surface area (Å²) in [4.78, 5) is 14.1. The van der Waals surface area contributed by atoms with Gasteiger partial charge in [0.15, 0.2) is 0 Å². The molecule has 0 aliphatic rings. The standard InChI is InChI=1S/C22H21NO2/c24-22(25)21(20-14-8-3-9-15-20)23(16-18-10-4-1-5-11-18)17-19-12-6-2-7-13-19/h1-15,21H,16-17H2,(H,24,25). The van der Waals surface area contributed by atoms with Gasteiger partial charge in [0.25, 0.3) is 0 Å². The van der Waals surface area contributed by atoms with Crippen molar-refractivity contribution < 1.29 is 9.90 Å². The highest BCUT2D eigenvalue weighted by Gasteiger charge is 2.27. The maximum atomic E-state index is 12.1. The Kier molecular flexibility index (Phi) is 5.60. The van der Waals surface area contributed by atoms with Crippen LogP contribution in [0.4, 0.5) is 0 Å². The van der Waals surface area contributed by atoms with Gasteiger partial charge in [0, 0.05) is 13.1 Å².